The Morgan fingerprint density at radius 3 is 2.58 bits per heavy atom. The molecule has 0 bridgehead atoms. The van der Waals surface area contributed by atoms with E-state index in [1.54, 1.807) is 0 Å². The van der Waals surface area contributed by atoms with Gasteiger partial charge in [0.2, 0.25) is 5.91 Å². The van der Waals surface area contributed by atoms with Crippen molar-refractivity contribution in [2.45, 2.75) is 38.6 Å². The summed E-state index contributed by atoms with van der Waals surface area (Å²) in [7, 11) is 0. The number of carbonyl (C=O) groups is 1. The quantitative estimate of drug-likeness (QED) is 0.715. The molecule has 1 N–H and O–H groups in total. The van der Waals surface area contributed by atoms with Crippen molar-refractivity contribution in [2.24, 2.45) is 5.92 Å². The van der Waals surface area contributed by atoms with Crippen LogP contribution in [0.4, 0.5) is 0 Å². The minimum atomic E-state index is -0.000139. The molecule has 1 atom stereocenters. The molecule has 2 aliphatic rings. The second-order valence-corrected chi connectivity index (χ2v) is 7.79. The lowest BCUT2D eigenvalue weighted by atomic mass is 9.82. The highest BCUT2D eigenvalue weighted by Crippen LogP contribution is 2.40. The lowest BCUT2D eigenvalue weighted by Gasteiger charge is -2.40. The van der Waals surface area contributed by atoms with Crippen LogP contribution in [0.1, 0.15) is 47.7 Å². The van der Waals surface area contributed by atoms with Crippen LogP contribution in [0.15, 0.2) is 48.5 Å². The maximum atomic E-state index is 13.2. The molecule has 1 aromatic heterocycles. The van der Waals surface area contributed by atoms with Gasteiger partial charge in [0, 0.05) is 29.1 Å². The van der Waals surface area contributed by atoms with Gasteiger partial charge >= 0.3 is 0 Å². The van der Waals surface area contributed by atoms with E-state index >= 15 is 0 Å². The first-order valence-corrected chi connectivity index (χ1v) is 9.69. The zero-order chi connectivity index (χ0) is 17.7. The molecule has 3 heteroatoms. The summed E-state index contributed by atoms with van der Waals surface area (Å²) in [5, 5.41) is 1.30. The second kappa shape index (κ2) is 6.01. The summed E-state index contributed by atoms with van der Waals surface area (Å²) in [4.78, 5) is 18.9. The van der Waals surface area contributed by atoms with Crippen LogP contribution in [0.25, 0.3) is 10.9 Å². The average Bonchev–Trinajstić information content (AvgIpc) is 2.99. The van der Waals surface area contributed by atoms with Crippen LogP contribution in [0.2, 0.25) is 0 Å². The topological polar surface area (TPSA) is 36.1 Å². The van der Waals surface area contributed by atoms with E-state index in [2.05, 4.69) is 65.3 Å². The number of aryl methyl sites for hydroxylation is 1. The number of hydrogen-bond donors (Lipinski definition) is 1. The van der Waals surface area contributed by atoms with Crippen LogP contribution in [-0.4, -0.2) is 22.3 Å². The third-order valence-corrected chi connectivity index (χ3v) is 6.17. The summed E-state index contributed by atoms with van der Waals surface area (Å²) in [6.45, 7) is 2.92. The lowest BCUT2D eigenvalue weighted by Crippen LogP contribution is -2.45. The molecule has 1 aliphatic carbocycles. The molecule has 1 amide bonds. The van der Waals surface area contributed by atoms with Crippen molar-refractivity contribution in [1.82, 2.24) is 9.88 Å². The molecule has 1 aliphatic heterocycles. The van der Waals surface area contributed by atoms with Gasteiger partial charge in [0.15, 0.2) is 0 Å². The molecule has 0 spiro atoms. The van der Waals surface area contributed by atoms with Crippen LogP contribution >= 0.6 is 0 Å². The van der Waals surface area contributed by atoms with Crippen LogP contribution in [-0.2, 0) is 11.2 Å². The van der Waals surface area contributed by atoms with Crippen molar-refractivity contribution in [3.8, 4) is 0 Å². The Morgan fingerprint density at radius 1 is 1.08 bits per heavy atom. The third-order valence-electron chi connectivity index (χ3n) is 6.17. The minimum Gasteiger partial charge on any atom is -0.356 e. The fraction of sp³-hybridized carbons (Fsp3) is 0.348. The van der Waals surface area contributed by atoms with Crippen molar-refractivity contribution in [1.29, 1.82) is 0 Å². The summed E-state index contributed by atoms with van der Waals surface area (Å²) >= 11 is 0. The predicted molar refractivity (Wildman–Crippen MR) is 104 cm³/mol. The predicted octanol–water partition coefficient (Wildman–Crippen LogP) is 4.75. The Hall–Kier alpha value is -2.55. The van der Waals surface area contributed by atoms with Gasteiger partial charge in [-0.2, -0.15) is 0 Å². The first-order valence-electron chi connectivity index (χ1n) is 9.69. The monoisotopic (exact) mass is 344 g/mol. The number of fused-ring (bicyclic) bond motifs is 3. The molecule has 2 aromatic carbocycles. The summed E-state index contributed by atoms with van der Waals surface area (Å²) in [6.07, 6.45) is 4.22. The van der Waals surface area contributed by atoms with E-state index in [1.807, 2.05) is 0 Å². The number of H-pyrrole nitrogens is 1. The van der Waals surface area contributed by atoms with Crippen LogP contribution in [0.3, 0.4) is 0 Å². The largest absolute Gasteiger partial charge is 0.356 e. The number of nitrogens with zero attached hydrogens (tertiary/aromatic N) is 1. The summed E-state index contributed by atoms with van der Waals surface area (Å²) in [6, 6.07) is 17.2. The molecule has 0 radical (unpaired) electrons. The number of amides is 1. The molecule has 0 saturated heterocycles. The second-order valence-electron chi connectivity index (χ2n) is 7.79. The molecule has 2 heterocycles. The maximum Gasteiger partial charge on any atom is 0.226 e. The van der Waals surface area contributed by atoms with Crippen molar-refractivity contribution in [3.05, 3.63) is 70.9 Å². The number of aromatic nitrogens is 1. The van der Waals surface area contributed by atoms with Gasteiger partial charge in [0.1, 0.15) is 0 Å². The Bertz CT molecular complexity index is 966. The van der Waals surface area contributed by atoms with E-state index in [4.69, 9.17) is 0 Å². The number of benzene rings is 2. The number of carbonyl (C=O) groups excluding carboxylic acids is 1. The van der Waals surface area contributed by atoms with Gasteiger partial charge in [-0.25, -0.2) is 0 Å². The van der Waals surface area contributed by atoms with Crippen LogP contribution in [0.5, 0.6) is 0 Å². The molecule has 3 aromatic rings. The van der Waals surface area contributed by atoms with Gasteiger partial charge in [-0.15, -0.1) is 0 Å². The summed E-state index contributed by atoms with van der Waals surface area (Å²) in [5.41, 5.74) is 6.21. The fourth-order valence-electron chi connectivity index (χ4n) is 4.46. The standard InChI is InChI=1S/C23H24N2O/c1-15-9-11-16(12-10-15)22-21-19(18-7-2-3-8-20(18)24-21)13-14-25(22)23(26)17-5-4-6-17/h2-3,7-12,17,22,24H,4-6,13-14H2,1H3. The molecule has 5 rings (SSSR count). The Labute approximate surface area is 154 Å². The van der Waals surface area contributed by atoms with Gasteiger partial charge in [-0.05, 0) is 43.4 Å². The number of aromatic amines is 1. The Morgan fingerprint density at radius 2 is 1.85 bits per heavy atom. The highest BCUT2D eigenvalue weighted by Gasteiger charge is 2.38. The summed E-state index contributed by atoms with van der Waals surface area (Å²) in [5.74, 6) is 0.569. The van der Waals surface area contributed by atoms with Crippen molar-refractivity contribution >= 4 is 16.8 Å². The van der Waals surface area contributed by atoms with Crippen LogP contribution < -0.4 is 0 Å². The average molecular weight is 344 g/mol. The van der Waals surface area contributed by atoms with Crippen molar-refractivity contribution in [3.63, 3.8) is 0 Å². The van der Waals surface area contributed by atoms with Gasteiger partial charge in [-0.1, -0.05) is 54.4 Å². The number of hydrogen-bond acceptors (Lipinski definition) is 1. The Kier molecular flexibility index (Phi) is 3.63. The molecule has 132 valence electrons. The third kappa shape index (κ3) is 2.38. The van der Waals surface area contributed by atoms with Gasteiger partial charge < -0.3 is 9.88 Å². The first-order chi connectivity index (χ1) is 12.7. The van der Waals surface area contributed by atoms with E-state index in [0.717, 1.165) is 25.8 Å². The van der Waals surface area contributed by atoms with E-state index in [9.17, 15) is 4.79 Å². The van der Waals surface area contributed by atoms with E-state index < -0.39 is 0 Å². The fourth-order valence-corrected chi connectivity index (χ4v) is 4.46. The first kappa shape index (κ1) is 15.7. The highest BCUT2D eigenvalue weighted by molar-refractivity contribution is 5.87. The van der Waals surface area contributed by atoms with Crippen molar-refractivity contribution in [2.75, 3.05) is 6.54 Å². The molecule has 1 saturated carbocycles. The normalized spacial score (nSPS) is 20.0. The number of nitrogens with one attached hydrogen (secondary N) is 1. The smallest absolute Gasteiger partial charge is 0.226 e. The molecular weight excluding hydrogens is 320 g/mol. The number of para-hydroxylation sites is 1. The van der Waals surface area contributed by atoms with Gasteiger partial charge in [-0.3, -0.25) is 4.79 Å². The summed E-state index contributed by atoms with van der Waals surface area (Å²) < 4.78 is 0. The number of rotatable bonds is 2. The van der Waals surface area contributed by atoms with Gasteiger partial charge in [0.25, 0.3) is 0 Å². The molecular formula is C23H24N2O. The van der Waals surface area contributed by atoms with Crippen LogP contribution in [0, 0.1) is 12.8 Å². The van der Waals surface area contributed by atoms with E-state index in [0.29, 0.717) is 5.91 Å². The Balaban J connectivity index is 1.65. The molecule has 1 fully saturated rings. The molecule has 26 heavy (non-hydrogen) atoms. The van der Waals surface area contributed by atoms with E-state index in [-0.39, 0.29) is 12.0 Å². The van der Waals surface area contributed by atoms with Gasteiger partial charge in [0.05, 0.1) is 6.04 Å². The van der Waals surface area contributed by atoms with E-state index in [1.165, 1.54) is 39.7 Å². The maximum absolute atomic E-state index is 13.2. The zero-order valence-electron chi connectivity index (χ0n) is 15.2. The highest BCUT2D eigenvalue weighted by atomic mass is 16.2. The SMILES string of the molecule is Cc1ccc(C2c3[nH]c4ccccc4c3CCN2C(=O)C2CCC2)cc1. The lowest BCUT2D eigenvalue weighted by molar-refractivity contribution is -0.140. The molecule has 3 nitrogen and oxygen atoms in total. The van der Waals surface area contributed by atoms with Crippen molar-refractivity contribution < 1.29 is 4.79 Å². The zero-order valence-corrected chi connectivity index (χ0v) is 15.2. The molecule has 1 unspecified atom stereocenters. The minimum absolute atomic E-state index is 0.000139.